The minimum absolute atomic E-state index is 0.128. The third-order valence-electron chi connectivity index (χ3n) is 3.75. The van der Waals surface area contributed by atoms with Crippen LogP contribution in [0.2, 0.25) is 0 Å². The van der Waals surface area contributed by atoms with Crippen molar-refractivity contribution in [2.45, 2.75) is 20.3 Å². The Morgan fingerprint density at radius 3 is 3.00 bits per heavy atom. The maximum absolute atomic E-state index is 12.7. The molecule has 110 valence electrons. The molecule has 2 rings (SSSR count). The molecule has 1 aromatic rings. The van der Waals surface area contributed by atoms with E-state index in [1.807, 2.05) is 36.9 Å². The van der Waals surface area contributed by atoms with Crippen LogP contribution in [0, 0.1) is 12.8 Å². The lowest BCUT2D eigenvalue weighted by molar-refractivity contribution is 0.0776. The van der Waals surface area contributed by atoms with Gasteiger partial charge in [0.05, 0.1) is 12.2 Å². The Bertz CT molecular complexity index is 474. The van der Waals surface area contributed by atoms with Crippen molar-refractivity contribution in [3.8, 4) is 0 Å². The van der Waals surface area contributed by atoms with Gasteiger partial charge in [0.2, 0.25) is 0 Å². The standard InChI is InChI=1S/C16H24N2O2/c1-4-17-15-6-5-12(2)9-14(15)16(19)18-8-7-13(10-18)11-20-3/h5-6,9,13,17H,4,7-8,10-11H2,1-3H3. The minimum atomic E-state index is 0.128. The van der Waals surface area contributed by atoms with E-state index in [9.17, 15) is 4.79 Å². The lowest BCUT2D eigenvalue weighted by Crippen LogP contribution is -2.30. The van der Waals surface area contributed by atoms with E-state index in [1.165, 1.54) is 0 Å². The summed E-state index contributed by atoms with van der Waals surface area (Å²) in [6, 6.07) is 6.01. The number of nitrogens with one attached hydrogen (secondary N) is 1. The molecule has 0 bridgehead atoms. The Hall–Kier alpha value is -1.55. The molecule has 0 saturated carbocycles. The number of likely N-dealkylation sites (tertiary alicyclic amines) is 1. The summed E-state index contributed by atoms with van der Waals surface area (Å²) in [5.74, 6) is 0.597. The number of rotatable bonds is 5. The predicted octanol–water partition coefficient (Wildman–Crippen LogP) is 2.54. The fourth-order valence-electron chi connectivity index (χ4n) is 2.74. The second kappa shape index (κ2) is 6.75. The van der Waals surface area contributed by atoms with E-state index in [2.05, 4.69) is 5.32 Å². The van der Waals surface area contributed by atoms with E-state index in [0.717, 1.165) is 49.5 Å². The molecule has 1 atom stereocenters. The topological polar surface area (TPSA) is 41.6 Å². The highest BCUT2D eigenvalue weighted by atomic mass is 16.5. The number of benzene rings is 1. The van der Waals surface area contributed by atoms with Crippen LogP contribution in [0.3, 0.4) is 0 Å². The van der Waals surface area contributed by atoms with Gasteiger partial charge in [-0.1, -0.05) is 11.6 Å². The van der Waals surface area contributed by atoms with Crippen molar-refractivity contribution in [3.05, 3.63) is 29.3 Å². The van der Waals surface area contributed by atoms with E-state index >= 15 is 0 Å². The Morgan fingerprint density at radius 2 is 2.30 bits per heavy atom. The Balaban J connectivity index is 2.14. The van der Waals surface area contributed by atoms with Crippen LogP contribution in [0.1, 0.15) is 29.3 Å². The molecule has 1 amide bonds. The lowest BCUT2D eigenvalue weighted by atomic mass is 10.1. The second-order valence-electron chi connectivity index (χ2n) is 5.44. The van der Waals surface area contributed by atoms with Crippen molar-refractivity contribution in [1.29, 1.82) is 0 Å². The first kappa shape index (κ1) is 14.9. The summed E-state index contributed by atoms with van der Waals surface area (Å²) < 4.78 is 5.19. The molecule has 1 unspecified atom stereocenters. The first-order chi connectivity index (χ1) is 9.65. The minimum Gasteiger partial charge on any atom is -0.385 e. The van der Waals surface area contributed by atoms with E-state index in [0.29, 0.717) is 5.92 Å². The molecule has 20 heavy (non-hydrogen) atoms. The Morgan fingerprint density at radius 1 is 1.50 bits per heavy atom. The predicted molar refractivity (Wildman–Crippen MR) is 81.2 cm³/mol. The van der Waals surface area contributed by atoms with Gasteiger partial charge in [-0.3, -0.25) is 4.79 Å². The first-order valence-electron chi connectivity index (χ1n) is 7.28. The van der Waals surface area contributed by atoms with Crippen LogP contribution in [0.25, 0.3) is 0 Å². The van der Waals surface area contributed by atoms with Gasteiger partial charge in [-0.2, -0.15) is 0 Å². The van der Waals surface area contributed by atoms with Crippen molar-refractivity contribution in [1.82, 2.24) is 4.90 Å². The zero-order valence-corrected chi connectivity index (χ0v) is 12.6. The average molecular weight is 276 g/mol. The van der Waals surface area contributed by atoms with Crippen LogP contribution in [0.15, 0.2) is 18.2 Å². The normalized spacial score (nSPS) is 18.4. The van der Waals surface area contributed by atoms with Crippen LogP contribution >= 0.6 is 0 Å². The summed E-state index contributed by atoms with van der Waals surface area (Å²) in [5.41, 5.74) is 2.82. The Labute approximate surface area is 121 Å². The van der Waals surface area contributed by atoms with Crippen LogP contribution in [0.4, 0.5) is 5.69 Å². The number of aryl methyl sites for hydroxylation is 1. The molecular weight excluding hydrogens is 252 g/mol. The van der Waals surface area contributed by atoms with Crippen LogP contribution in [-0.2, 0) is 4.74 Å². The number of methoxy groups -OCH3 is 1. The summed E-state index contributed by atoms with van der Waals surface area (Å²) in [5, 5.41) is 3.27. The smallest absolute Gasteiger partial charge is 0.255 e. The number of ether oxygens (including phenoxy) is 1. The van der Waals surface area contributed by atoms with Gasteiger partial charge in [-0.05, 0) is 32.4 Å². The van der Waals surface area contributed by atoms with Crippen molar-refractivity contribution in [3.63, 3.8) is 0 Å². The molecule has 1 fully saturated rings. The van der Waals surface area contributed by atoms with E-state index in [-0.39, 0.29) is 5.91 Å². The number of hydrogen-bond donors (Lipinski definition) is 1. The highest BCUT2D eigenvalue weighted by Crippen LogP contribution is 2.23. The molecular formula is C16H24N2O2. The number of nitrogens with zero attached hydrogens (tertiary/aromatic N) is 1. The molecule has 1 saturated heterocycles. The monoisotopic (exact) mass is 276 g/mol. The third-order valence-corrected chi connectivity index (χ3v) is 3.75. The molecule has 4 heteroatoms. The van der Waals surface area contributed by atoms with Gasteiger partial charge in [-0.15, -0.1) is 0 Å². The van der Waals surface area contributed by atoms with Crippen molar-refractivity contribution in [2.75, 3.05) is 38.7 Å². The number of anilines is 1. The SMILES string of the molecule is CCNc1ccc(C)cc1C(=O)N1CCC(COC)C1. The number of carbonyl (C=O) groups excluding carboxylic acids is 1. The number of carbonyl (C=O) groups is 1. The quantitative estimate of drug-likeness (QED) is 0.898. The van der Waals surface area contributed by atoms with Crippen LogP contribution < -0.4 is 5.32 Å². The summed E-state index contributed by atoms with van der Waals surface area (Å²) >= 11 is 0. The average Bonchev–Trinajstić information content (AvgIpc) is 2.89. The number of hydrogen-bond acceptors (Lipinski definition) is 3. The highest BCUT2D eigenvalue weighted by Gasteiger charge is 2.28. The summed E-state index contributed by atoms with van der Waals surface area (Å²) in [6.07, 6.45) is 1.03. The maximum atomic E-state index is 12.7. The number of amides is 1. The fourth-order valence-corrected chi connectivity index (χ4v) is 2.74. The lowest BCUT2D eigenvalue weighted by Gasteiger charge is -2.19. The largest absolute Gasteiger partial charge is 0.385 e. The molecule has 0 aromatic heterocycles. The van der Waals surface area contributed by atoms with E-state index < -0.39 is 0 Å². The molecule has 1 aliphatic rings. The van der Waals surface area contributed by atoms with Crippen LogP contribution in [0.5, 0.6) is 0 Å². The van der Waals surface area contributed by atoms with Gasteiger partial charge in [0.15, 0.2) is 0 Å². The van der Waals surface area contributed by atoms with Gasteiger partial charge in [0.25, 0.3) is 5.91 Å². The Kier molecular flexibility index (Phi) is 5.01. The summed E-state index contributed by atoms with van der Waals surface area (Å²) in [4.78, 5) is 14.6. The molecule has 4 nitrogen and oxygen atoms in total. The maximum Gasteiger partial charge on any atom is 0.255 e. The first-order valence-corrected chi connectivity index (χ1v) is 7.28. The van der Waals surface area contributed by atoms with E-state index in [1.54, 1.807) is 7.11 Å². The van der Waals surface area contributed by atoms with Gasteiger partial charge in [0, 0.05) is 38.3 Å². The summed E-state index contributed by atoms with van der Waals surface area (Å²) in [6.45, 7) is 7.23. The summed E-state index contributed by atoms with van der Waals surface area (Å²) in [7, 11) is 1.72. The van der Waals surface area contributed by atoms with Crippen molar-refractivity contribution in [2.24, 2.45) is 5.92 Å². The molecule has 1 aromatic carbocycles. The van der Waals surface area contributed by atoms with Gasteiger partial charge in [-0.25, -0.2) is 0 Å². The van der Waals surface area contributed by atoms with E-state index in [4.69, 9.17) is 4.74 Å². The highest BCUT2D eigenvalue weighted by molar-refractivity contribution is 6.00. The third kappa shape index (κ3) is 3.31. The molecule has 1 heterocycles. The van der Waals surface area contributed by atoms with Crippen molar-refractivity contribution >= 4 is 11.6 Å². The molecule has 0 spiro atoms. The van der Waals surface area contributed by atoms with Gasteiger partial charge < -0.3 is 15.0 Å². The fraction of sp³-hybridized carbons (Fsp3) is 0.562. The zero-order valence-electron chi connectivity index (χ0n) is 12.6. The molecule has 1 aliphatic heterocycles. The molecule has 0 radical (unpaired) electrons. The van der Waals surface area contributed by atoms with Gasteiger partial charge in [0.1, 0.15) is 0 Å². The second-order valence-corrected chi connectivity index (χ2v) is 5.44. The molecule has 0 aliphatic carbocycles. The zero-order chi connectivity index (χ0) is 14.5. The van der Waals surface area contributed by atoms with Crippen LogP contribution in [-0.4, -0.2) is 44.2 Å². The molecule has 1 N–H and O–H groups in total. The van der Waals surface area contributed by atoms with Crippen molar-refractivity contribution < 1.29 is 9.53 Å². The van der Waals surface area contributed by atoms with Gasteiger partial charge >= 0.3 is 0 Å².